The van der Waals surface area contributed by atoms with Gasteiger partial charge in [0.15, 0.2) is 0 Å². The number of carbonyl (C=O) groups excluding carboxylic acids is 3. The topological polar surface area (TPSA) is 73.4 Å². The first-order chi connectivity index (χ1) is 21.5. The number of alkyl halides is 6. The molecular formula is C31H31F7N4O4. The van der Waals surface area contributed by atoms with Crippen molar-refractivity contribution in [2.75, 3.05) is 51.8 Å². The Bertz CT molecular complexity index is 1490. The van der Waals surface area contributed by atoms with Gasteiger partial charge in [0.1, 0.15) is 12.4 Å². The number of hydrogen-bond acceptors (Lipinski definition) is 5. The SMILES string of the molecule is CN(C(=O)N(C)[C@@H]1CN(C(=O)C2CCN(C3=CC(=O)OC3)CC2)C[C@H]1c1ccc(F)cc1)c1cc(C(F)(F)F)cc(C(F)(F)F)c1. The summed E-state index contributed by atoms with van der Waals surface area (Å²) in [5.74, 6) is -1.95. The van der Waals surface area contributed by atoms with Gasteiger partial charge in [-0.3, -0.25) is 9.69 Å². The number of benzene rings is 2. The van der Waals surface area contributed by atoms with Crippen molar-refractivity contribution in [3.05, 3.63) is 76.7 Å². The third-order valence-electron chi connectivity index (χ3n) is 8.84. The first-order valence-electron chi connectivity index (χ1n) is 14.5. The van der Waals surface area contributed by atoms with Crippen molar-refractivity contribution < 1.29 is 49.9 Å². The fourth-order valence-electron chi connectivity index (χ4n) is 6.24. The molecule has 46 heavy (non-hydrogen) atoms. The van der Waals surface area contributed by atoms with Crippen molar-refractivity contribution in [2.24, 2.45) is 5.92 Å². The van der Waals surface area contributed by atoms with Crippen LogP contribution in [0.1, 0.15) is 35.4 Å². The van der Waals surface area contributed by atoms with E-state index in [1.165, 1.54) is 42.3 Å². The number of piperidine rings is 1. The molecule has 15 heteroatoms. The third kappa shape index (κ3) is 6.92. The van der Waals surface area contributed by atoms with Crippen LogP contribution in [0.2, 0.25) is 0 Å². The van der Waals surface area contributed by atoms with Gasteiger partial charge in [-0.25, -0.2) is 14.0 Å². The van der Waals surface area contributed by atoms with Gasteiger partial charge in [0.2, 0.25) is 5.91 Å². The Hall–Kier alpha value is -4.30. The van der Waals surface area contributed by atoms with Crippen LogP contribution in [-0.2, 0) is 26.7 Å². The first kappa shape index (κ1) is 33.1. The average Bonchev–Trinajstić information content (AvgIpc) is 3.66. The van der Waals surface area contributed by atoms with Gasteiger partial charge in [0.25, 0.3) is 0 Å². The first-order valence-corrected chi connectivity index (χ1v) is 14.5. The summed E-state index contributed by atoms with van der Waals surface area (Å²) in [7, 11) is 2.44. The molecule has 2 fully saturated rings. The normalized spacial score (nSPS) is 20.9. The molecule has 0 aromatic heterocycles. The van der Waals surface area contributed by atoms with Gasteiger partial charge in [0, 0.05) is 63.9 Å². The molecule has 0 N–H and O–H groups in total. The Kier molecular flexibility index (Phi) is 8.97. The number of carbonyl (C=O) groups is 3. The zero-order valence-electron chi connectivity index (χ0n) is 24.9. The minimum absolute atomic E-state index is 0.0148. The van der Waals surface area contributed by atoms with Crippen molar-refractivity contribution in [3.63, 3.8) is 0 Å². The fraction of sp³-hybridized carbons (Fsp3) is 0.452. The van der Waals surface area contributed by atoms with Crippen LogP contribution in [0, 0.1) is 11.7 Å². The number of rotatable bonds is 5. The molecule has 2 aromatic carbocycles. The quantitative estimate of drug-likeness (QED) is 0.314. The number of amides is 3. The molecule has 2 atom stereocenters. The smallest absolute Gasteiger partial charge is 0.416 e. The summed E-state index contributed by atoms with van der Waals surface area (Å²) in [6.07, 6.45) is -7.77. The van der Waals surface area contributed by atoms with E-state index in [0.29, 0.717) is 48.5 Å². The number of halogens is 7. The highest BCUT2D eigenvalue weighted by molar-refractivity contribution is 5.92. The van der Waals surface area contributed by atoms with Crippen LogP contribution >= 0.6 is 0 Å². The zero-order valence-corrected chi connectivity index (χ0v) is 24.9. The van der Waals surface area contributed by atoms with Crippen molar-refractivity contribution >= 4 is 23.6 Å². The van der Waals surface area contributed by atoms with Gasteiger partial charge in [-0.05, 0) is 48.7 Å². The Morgan fingerprint density at radius 2 is 1.48 bits per heavy atom. The number of likely N-dealkylation sites (N-methyl/N-ethyl adjacent to an activating group) is 1. The lowest BCUT2D eigenvalue weighted by Crippen LogP contribution is -2.48. The molecule has 0 radical (unpaired) electrons. The second-order valence-electron chi connectivity index (χ2n) is 11.7. The van der Waals surface area contributed by atoms with E-state index in [4.69, 9.17) is 4.74 Å². The molecular weight excluding hydrogens is 625 g/mol. The predicted octanol–water partition coefficient (Wildman–Crippen LogP) is 5.50. The lowest BCUT2D eigenvalue weighted by molar-refractivity contribution is -0.143. The summed E-state index contributed by atoms with van der Waals surface area (Å²) in [6, 6.07) is 4.79. The number of ether oxygens (including phenoxy) is 1. The molecule has 248 valence electrons. The number of hydrogen-bond donors (Lipinski definition) is 0. The van der Waals surface area contributed by atoms with Crippen LogP contribution in [0.3, 0.4) is 0 Å². The van der Waals surface area contributed by atoms with E-state index in [0.717, 1.165) is 12.7 Å². The summed E-state index contributed by atoms with van der Waals surface area (Å²) in [5, 5.41) is 0. The Morgan fingerprint density at radius 3 is 2.00 bits per heavy atom. The van der Waals surface area contributed by atoms with E-state index in [9.17, 15) is 45.1 Å². The lowest BCUT2D eigenvalue weighted by atomic mass is 9.93. The van der Waals surface area contributed by atoms with Gasteiger partial charge < -0.3 is 19.4 Å². The number of nitrogens with zero attached hydrogens (tertiary/aromatic N) is 4. The highest BCUT2D eigenvalue weighted by Gasteiger charge is 2.43. The highest BCUT2D eigenvalue weighted by atomic mass is 19.4. The zero-order chi connectivity index (χ0) is 33.6. The van der Waals surface area contributed by atoms with Crippen LogP contribution in [0.15, 0.2) is 54.2 Å². The molecule has 0 spiro atoms. The molecule has 0 aliphatic carbocycles. The second kappa shape index (κ2) is 12.5. The summed E-state index contributed by atoms with van der Waals surface area (Å²) < 4.78 is 99.7. The molecule has 2 aromatic rings. The van der Waals surface area contributed by atoms with Crippen molar-refractivity contribution in [3.8, 4) is 0 Å². The Morgan fingerprint density at radius 1 is 0.891 bits per heavy atom. The molecule has 2 saturated heterocycles. The van der Waals surface area contributed by atoms with Crippen LogP contribution < -0.4 is 4.90 Å². The summed E-state index contributed by atoms with van der Waals surface area (Å²) >= 11 is 0. The number of likely N-dealkylation sites (tertiary alicyclic amines) is 2. The minimum Gasteiger partial charge on any atom is -0.456 e. The number of esters is 1. The second-order valence-corrected chi connectivity index (χ2v) is 11.7. The van der Waals surface area contributed by atoms with E-state index in [1.54, 1.807) is 4.90 Å². The number of anilines is 1. The molecule has 8 nitrogen and oxygen atoms in total. The highest BCUT2D eigenvalue weighted by Crippen LogP contribution is 2.39. The molecule has 3 aliphatic heterocycles. The molecule has 3 heterocycles. The van der Waals surface area contributed by atoms with Crippen LogP contribution in [0.5, 0.6) is 0 Å². The molecule has 3 amide bonds. The standard InChI is InChI=1S/C31H31F7N4O4/c1-39(23-12-20(30(33,34)35)11-21(13-23)31(36,37)38)29(45)40(2)26-16-42(15-25(26)18-3-5-22(32)6-4-18)28(44)19-7-9-41(10-8-19)24-14-27(43)46-17-24/h3-6,11-14,19,25-26H,7-10,15-17H2,1-2H3/t25-,26+/m0/s1. The van der Waals surface area contributed by atoms with Gasteiger partial charge in [0.05, 0.1) is 22.9 Å². The van der Waals surface area contributed by atoms with E-state index >= 15 is 0 Å². The maximum atomic E-state index is 13.8. The average molecular weight is 657 g/mol. The van der Waals surface area contributed by atoms with Crippen molar-refractivity contribution in [1.82, 2.24) is 14.7 Å². The summed E-state index contributed by atoms with van der Waals surface area (Å²) in [4.78, 5) is 44.3. The monoisotopic (exact) mass is 656 g/mol. The van der Waals surface area contributed by atoms with E-state index in [-0.39, 0.29) is 37.6 Å². The molecule has 0 unspecified atom stereocenters. The third-order valence-corrected chi connectivity index (χ3v) is 8.84. The maximum Gasteiger partial charge on any atom is 0.416 e. The minimum atomic E-state index is -5.10. The van der Waals surface area contributed by atoms with E-state index in [2.05, 4.69) is 0 Å². The lowest BCUT2D eigenvalue weighted by Gasteiger charge is -2.35. The number of urea groups is 1. The van der Waals surface area contributed by atoms with Crippen LogP contribution in [0.25, 0.3) is 0 Å². The van der Waals surface area contributed by atoms with Gasteiger partial charge in [-0.15, -0.1) is 0 Å². The summed E-state index contributed by atoms with van der Waals surface area (Å²) in [6.45, 7) is 1.43. The fourth-order valence-corrected chi connectivity index (χ4v) is 6.24. The largest absolute Gasteiger partial charge is 0.456 e. The molecule has 0 bridgehead atoms. The van der Waals surface area contributed by atoms with Crippen molar-refractivity contribution in [1.29, 1.82) is 0 Å². The summed E-state index contributed by atoms with van der Waals surface area (Å²) in [5.41, 5.74) is -2.37. The molecule has 3 aliphatic rings. The molecule has 5 rings (SSSR count). The Labute approximate surface area is 260 Å². The van der Waals surface area contributed by atoms with Crippen LogP contribution in [0.4, 0.5) is 41.2 Å². The van der Waals surface area contributed by atoms with E-state index in [1.807, 2.05) is 4.90 Å². The Balaban J connectivity index is 1.36. The number of cyclic esters (lactones) is 1. The van der Waals surface area contributed by atoms with Crippen molar-refractivity contribution in [2.45, 2.75) is 37.2 Å². The maximum absolute atomic E-state index is 13.8. The van der Waals surface area contributed by atoms with Gasteiger partial charge >= 0.3 is 24.4 Å². The van der Waals surface area contributed by atoms with Crippen LogP contribution in [-0.4, -0.2) is 85.5 Å². The van der Waals surface area contributed by atoms with Gasteiger partial charge in [-0.2, -0.15) is 26.3 Å². The van der Waals surface area contributed by atoms with E-state index < -0.39 is 58.9 Å². The predicted molar refractivity (Wildman–Crippen MR) is 151 cm³/mol. The van der Waals surface area contributed by atoms with Gasteiger partial charge in [-0.1, -0.05) is 12.1 Å². The molecule has 0 saturated carbocycles.